The summed E-state index contributed by atoms with van der Waals surface area (Å²) in [6, 6.07) is 0. The lowest BCUT2D eigenvalue weighted by Gasteiger charge is -2.23. The molecule has 1 rings (SSSR count). The van der Waals surface area contributed by atoms with Gasteiger partial charge in [0.1, 0.15) is 0 Å². The number of aliphatic hydroxyl groups is 1. The average molecular weight is 154 g/mol. The third kappa shape index (κ3) is 2.66. The normalized spacial score (nSPS) is 31.7. The van der Waals surface area contributed by atoms with Crippen molar-refractivity contribution in [2.45, 2.75) is 45.6 Å². The van der Waals surface area contributed by atoms with Gasteiger partial charge in [-0.2, -0.15) is 0 Å². The highest BCUT2D eigenvalue weighted by Crippen LogP contribution is 2.25. The molecule has 2 unspecified atom stereocenters. The quantitative estimate of drug-likeness (QED) is 0.606. The van der Waals surface area contributed by atoms with Crippen LogP contribution in [-0.2, 0) is 0 Å². The van der Waals surface area contributed by atoms with Crippen molar-refractivity contribution in [2.75, 3.05) is 0 Å². The summed E-state index contributed by atoms with van der Waals surface area (Å²) in [7, 11) is 0. The topological polar surface area (TPSA) is 20.2 Å². The summed E-state index contributed by atoms with van der Waals surface area (Å²) < 4.78 is 0. The Morgan fingerprint density at radius 1 is 1.64 bits per heavy atom. The highest BCUT2D eigenvalue weighted by atomic mass is 16.3. The van der Waals surface area contributed by atoms with Crippen molar-refractivity contribution in [1.82, 2.24) is 0 Å². The molecule has 0 radical (unpaired) electrons. The smallest absolute Gasteiger partial charge is 0.0582 e. The molecule has 0 bridgehead atoms. The second-order valence-electron chi connectivity index (χ2n) is 3.66. The first-order chi connectivity index (χ1) is 5.22. The molecular formula is C10H18O. The largest absolute Gasteiger partial charge is 0.393 e. The maximum atomic E-state index is 9.44. The van der Waals surface area contributed by atoms with Gasteiger partial charge in [0.25, 0.3) is 0 Å². The molecule has 0 amide bonds. The van der Waals surface area contributed by atoms with Crippen LogP contribution in [0.1, 0.15) is 39.5 Å². The van der Waals surface area contributed by atoms with Crippen LogP contribution in [0.3, 0.4) is 0 Å². The lowest BCUT2D eigenvalue weighted by atomic mass is 9.86. The fourth-order valence-electron chi connectivity index (χ4n) is 1.91. The third-order valence-electron chi connectivity index (χ3n) is 2.31. The van der Waals surface area contributed by atoms with Crippen LogP contribution in [0.25, 0.3) is 0 Å². The molecule has 1 aliphatic rings. The number of allylic oxidation sites excluding steroid dienone is 1. The second-order valence-corrected chi connectivity index (χ2v) is 3.66. The van der Waals surface area contributed by atoms with Gasteiger partial charge in [0.05, 0.1) is 6.10 Å². The number of hydrogen-bond acceptors (Lipinski definition) is 1. The highest BCUT2D eigenvalue weighted by molar-refractivity contribution is 5.07. The van der Waals surface area contributed by atoms with Gasteiger partial charge in [-0.1, -0.05) is 25.0 Å². The Hall–Kier alpha value is -0.300. The molecular weight excluding hydrogens is 136 g/mol. The Kier molecular flexibility index (Phi) is 3.13. The van der Waals surface area contributed by atoms with E-state index in [1.165, 1.54) is 18.4 Å². The molecule has 11 heavy (non-hydrogen) atoms. The summed E-state index contributed by atoms with van der Waals surface area (Å²) in [6.07, 6.45) is 6.58. The summed E-state index contributed by atoms with van der Waals surface area (Å²) in [4.78, 5) is 0. The molecule has 0 aromatic carbocycles. The first kappa shape index (κ1) is 8.79. The molecule has 0 aliphatic heterocycles. The van der Waals surface area contributed by atoms with E-state index in [4.69, 9.17) is 0 Å². The predicted octanol–water partition coefficient (Wildman–Crippen LogP) is 2.50. The van der Waals surface area contributed by atoms with Crippen LogP contribution in [-0.4, -0.2) is 11.2 Å². The fraction of sp³-hybridized carbons (Fsp3) is 0.800. The summed E-state index contributed by atoms with van der Waals surface area (Å²) >= 11 is 0. The molecule has 0 heterocycles. The molecule has 0 spiro atoms. The molecule has 0 fully saturated rings. The minimum absolute atomic E-state index is 0.0726. The van der Waals surface area contributed by atoms with Crippen molar-refractivity contribution >= 4 is 0 Å². The maximum Gasteiger partial charge on any atom is 0.0582 e. The summed E-state index contributed by atoms with van der Waals surface area (Å²) in [5.41, 5.74) is 1.36. The van der Waals surface area contributed by atoms with Crippen LogP contribution < -0.4 is 0 Å². The van der Waals surface area contributed by atoms with E-state index in [-0.39, 0.29) is 6.10 Å². The Balaban J connectivity index is 2.47. The van der Waals surface area contributed by atoms with Crippen molar-refractivity contribution < 1.29 is 5.11 Å². The number of hydrogen-bond donors (Lipinski definition) is 1. The molecule has 2 atom stereocenters. The van der Waals surface area contributed by atoms with E-state index in [9.17, 15) is 5.11 Å². The van der Waals surface area contributed by atoms with E-state index in [0.717, 1.165) is 12.8 Å². The molecule has 0 saturated carbocycles. The second kappa shape index (κ2) is 3.91. The lowest BCUT2D eigenvalue weighted by molar-refractivity contribution is 0.140. The first-order valence-corrected chi connectivity index (χ1v) is 4.57. The zero-order chi connectivity index (χ0) is 8.27. The maximum absolute atomic E-state index is 9.44. The average Bonchev–Trinajstić information content (AvgIpc) is 1.85. The summed E-state index contributed by atoms with van der Waals surface area (Å²) in [6.45, 7) is 4.31. The standard InChI is InChI=1S/C10H18O/c1-3-4-9-5-8(2)6-10(11)7-9/h5,9-11H,3-4,6-7H2,1-2H3. The molecule has 64 valence electrons. The van der Waals surface area contributed by atoms with Gasteiger partial charge in [0, 0.05) is 0 Å². The van der Waals surface area contributed by atoms with Gasteiger partial charge in [-0.15, -0.1) is 0 Å². The molecule has 1 N–H and O–H groups in total. The van der Waals surface area contributed by atoms with Gasteiger partial charge < -0.3 is 5.11 Å². The molecule has 0 aromatic rings. The van der Waals surface area contributed by atoms with Crippen molar-refractivity contribution in [3.8, 4) is 0 Å². The van der Waals surface area contributed by atoms with Gasteiger partial charge in [-0.3, -0.25) is 0 Å². The first-order valence-electron chi connectivity index (χ1n) is 4.57. The van der Waals surface area contributed by atoms with Crippen molar-refractivity contribution in [2.24, 2.45) is 5.92 Å². The molecule has 1 aliphatic carbocycles. The van der Waals surface area contributed by atoms with Gasteiger partial charge in [-0.25, -0.2) is 0 Å². The van der Waals surface area contributed by atoms with Crippen molar-refractivity contribution in [3.63, 3.8) is 0 Å². The third-order valence-corrected chi connectivity index (χ3v) is 2.31. The van der Waals surface area contributed by atoms with Gasteiger partial charge >= 0.3 is 0 Å². The Morgan fingerprint density at radius 2 is 2.36 bits per heavy atom. The van der Waals surface area contributed by atoms with Crippen LogP contribution in [0.4, 0.5) is 0 Å². The van der Waals surface area contributed by atoms with Gasteiger partial charge in [-0.05, 0) is 32.1 Å². The van der Waals surface area contributed by atoms with Gasteiger partial charge in [0.15, 0.2) is 0 Å². The predicted molar refractivity (Wildman–Crippen MR) is 47.4 cm³/mol. The monoisotopic (exact) mass is 154 g/mol. The molecule has 0 aromatic heterocycles. The van der Waals surface area contributed by atoms with Crippen LogP contribution >= 0.6 is 0 Å². The number of rotatable bonds is 2. The van der Waals surface area contributed by atoms with E-state index < -0.39 is 0 Å². The zero-order valence-corrected chi connectivity index (χ0v) is 7.51. The van der Waals surface area contributed by atoms with Crippen LogP contribution in [0, 0.1) is 5.92 Å². The van der Waals surface area contributed by atoms with E-state index in [1.54, 1.807) is 0 Å². The fourth-order valence-corrected chi connectivity index (χ4v) is 1.91. The Bertz CT molecular complexity index is 149. The van der Waals surface area contributed by atoms with Crippen LogP contribution in [0.15, 0.2) is 11.6 Å². The molecule has 0 saturated heterocycles. The molecule has 1 nitrogen and oxygen atoms in total. The highest BCUT2D eigenvalue weighted by Gasteiger charge is 2.17. The van der Waals surface area contributed by atoms with E-state index in [1.807, 2.05) is 0 Å². The minimum atomic E-state index is -0.0726. The van der Waals surface area contributed by atoms with Crippen LogP contribution in [0.5, 0.6) is 0 Å². The van der Waals surface area contributed by atoms with Crippen molar-refractivity contribution in [3.05, 3.63) is 11.6 Å². The summed E-state index contributed by atoms with van der Waals surface area (Å²) in [5, 5.41) is 9.44. The SMILES string of the molecule is CCCC1C=C(C)CC(O)C1. The minimum Gasteiger partial charge on any atom is -0.393 e. The summed E-state index contributed by atoms with van der Waals surface area (Å²) in [5.74, 6) is 0.642. The van der Waals surface area contributed by atoms with E-state index in [0.29, 0.717) is 5.92 Å². The Morgan fingerprint density at radius 3 is 2.91 bits per heavy atom. The lowest BCUT2D eigenvalue weighted by Crippen LogP contribution is -2.17. The zero-order valence-electron chi connectivity index (χ0n) is 7.51. The number of aliphatic hydroxyl groups excluding tert-OH is 1. The molecule has 1 heteroatoms. The van der Waals surface area contributed by atoms with E-state index in [2.05, 4.69) is 19.9 Å². The van der Waals surface area contributed by atoms with Crippen molar-refractivity contribution in [1.29, 1.82) is 0 Å². The van der Waals surface area contributed by atoms with Gasteiger partial charge in [0.2, 0.25) is 0 Å². The Labute approximate surface area is 69.1 Å². The van der Waals surface area contributed by atoms with Crippen LogP contribution in [0.2, 0.25) is 0 Å². The van der Waals surface area contributed by atoms with E-state index >= 15 is 0 Å².